The van der Waals surface area contributed by atoms with Crippen molar-refractivity contribution in [3.8, 4) is 0 Å². The number of unbranched alkanes of at least 4 members (excludes halogenated alkanes) is 1. The van der Waals surface area contributed by atoms with Crippen LogP contribution in [0.25, 0.3) is 0 Å². The van der Waals surface area contributed by atoms with Crippen molar-refractivity contribution in [3.05, 3.63) is 100 Å². The number of hydrogen-bond acceptors (Lipinski definition) is 4. The minimum Gasteiger partial charge on any atom is -0.354 e. The van der Waals surface area contributed by atoms with Crippen LogP contribution < -0.4 is 9.62 Å². The van der Waals surface area contributed by atoms with Crippen molar-refractivity contribution in [2.75, 3.05) is 23.7 Å². The predicted molar refractivity (Wildman–Crippen MR) is 166 cm³/mol. The Bertz CT molecular complexity index is 1450. The van der Waals surface area contributed by atoms with Gasteiger partial charge in [0.1, 0.15) is 11.9 Å². The highest BCUT2D eigenvalue weighted by Crippen LogP contribution is 2.28. The molecule has 0 saturated heterocycles. The van der Waals surface area contributed by atoms with E-state index in [1.54, 1.807) is 43.3 Å². The predicted octanol–water partition coefficient (Wildman–Crippen LogP) is 5.89. The number of halogens is 2. The zero-order valence-corrected chi connectivity index (χ0v) is 25.9. The van der Waals surface area contributed by atoms with Crippen LogP contribution in [0.4, 0.5) is 10.1 Å². The van der Waals surface area contributed by atoms with Gasteiger partial charge in [-0.05, 0) is 49.1 Å². The van der Waals surface area contributed by atoms with Gasteiger partial charge in [0.25, 0.3) is 0 Å². The Balaban J connectivity index is 1.90. The average Bonchev–Trinajstić information content (AvgIpc) is 2.95. The molecule has 0 spiro atoms. The van der Waals surface area contributed by atoms with E-state index in [4.69, 9.17) is 11.6 Å². The number of nitrogens with zero attached hydrogens (tertiary/aromatic N) is 2. The van der Waals surface area contributed by atoms with Crippen LogP contribution in [0.1, 0.15) is 49.3 Å². The van der Waals surface area contributed by atoms with Crippen molar-refractivity contribution in [3.63, 3.8) is 0 Å². The second kappa shape index (κ2) is 15.7. The molecule has 2 amide bonds. The summed E-state index contributed by atoms with van der Waals surface area (Å²) >= 11 is 6.25. The molecule has 3 rings (SSSR count). The molecule has 42 heavy (non-hydrogen) atoms. The number of hydrogen-bond donors (Lipinski definition) is 1. The molecule has 10 heteroatoms. The maximum Gasteiger partial charge on any atom is 0.243 e. The summed E-state index contributed by atoms with van der Waals surface area (Å²) < 4.78 is 41.4. The lowest BCUT2D eigenvalue weighted by atomic mass is 10.0. The molecule has 0 aliphatic rings. The zero-order valence-electron chi connectivity index (χ0n) is 24.4. The Hall–Kier alpha value is -3.43. The van der Waals surface area contributed by atoms with Crippen LogP contribution >= 0.6 is 11.6 Å². The molecule has 1 N–H and O–H groups in total. The van der Waals surface area contributed by atoms with Crippen LogP contribution in [0.5, 0.6) is 0 Å². The standard InChI is InChI=1S/C32H39ClFN3O4S/c1-4-5-20-35-32(39)30(22-25-13-7-6-8-14-25)36(23-26-15-9-10-17-28(26)34)31(38)19-12-21-37(42(3,40)41)29-18-11-16-27(33)24(29)2/h6-11,13-18,30H,4-5,12,19-23H2,1-3H3,(H,35,39)/t30-/m1/s1. The number of sulfonamides is 1. The van der Waals surface area contributed by atoms with E-state index >= 15 is 0 Å². The van der Waals surface area contributed by atoms with E-state index < -0.39 is 21.9 Å². The van der Waals surface area contributed by atoms with Gasteiger partial charge in [-0.15, -0.1) is 0 Å². The Kier molecular flexibility index (Phi) is 12.4. The highest BCUT2D eigenvalue weighted by Gasteiger charge is 2.31. The van der Waals surface area contributed by atoms with Gasteiger partial charge in [-0.25, -0.2) is 12.8 Å². The Morgan fingerprint density at radius 3 is 2.33 bits per heavy atom. The van der Waals surface area contributed by atoms with Crippen LogP contribution in [-0.4, -0.2) is 50.5 Å². The lowest BCUT2D eigenvalue weighted by molar-refractivity contribution is -0.141. The van der Waals surface area contributed by atoms with Gasteiger partial charge < -0.3 is 10.2 Å². The van der Waals surface area contributed by atoms with Crippen molar-refractivity contribution in [1.29, 1.82) is 0 Å². The Labute approximate surface area is 253 Å². The van der Waals surface area contributed by atoms with Gasteiger partial charge in [0.05, 0.1) is 11.9 Å². The number of nitrogens with one attached hydrogen (secondary N) is 1. The molecule has 226 valence electrons. The monoisotopic (exact) mass is 615 g/mol. The first-order chi connectivity index (χ1) is 20.0. The molecule has 0 aliphatic carbocycles. The van der Waals surface area contributed by atoms with Crippen LogP contribution in [0.3, 0.4) is 0 Å². The summed E-state index contributed by atoms with van der Waals surface area (Å²) in [5.74, 6) is -1.16. The number of carbonyl (C=O) groups is 2. The van der Waals surface area contributed by atoms with Gasteiger partial charge in [-0.2, -0.15) is 0 Å². The Morgan fingerprint density at radius 2 is 1.67 bits per heavy atom. The molecule has 0 aliphatic heterocycles. The van der Waals surface area contributed by atoms with E-state index in [2.05, 4.69) is 5.32 Å². The van der Waals surface area contributed by atoms with E-state index in [9.17, 15) is 22.4 Å². The third kappa shape index (κ3) is 9.29. The summed E-state index contributed by atoms with van der Waals surface area (Å²) in [6, 6.07) is 19.7. The average molecular weight is 616 g/mol. The highest BCUT2D eigenvalue weighted by molar-refractivity contribution is 7.92. The maximum atomic E-state index is 14.8. The smallest absolute Gasteiger partial charge is 0.243 e. The summed E-state index contributed by atoms with van der Waals surface area (Å²) in [7, 11) is -3.68. The third-order valence-corrected chi connectivity index (χ3v) is 8.65. The van der Waals surface area contributed by atoms with E-state index in [1.165, 1.54) is 15.3 Å². The fourth-order valence-corrected chi connectivity index (χ4v) is 5.90. The molecule has 0 radical (unpaired) electrons. The molecule has 0 bridgehead atoms. The molecule has 3 aromatic rings. The highest BCUT2D eigenvalue weighted by atomic mass is 35.5. The van der Waals surface area contributed by atoms with Crippen molar-refractivity contribution in [2.45, 2.75) is 58.5 Å². The van der Waals surface area contributed by atoms with Crippen LogP contribution in [0.15, 0.2) is 72.8 Å². The number of amides is 2. The first-order valence-corrected chi connectivity index (χ1v) is 16.3. The number of anilines is 1. The first kappa shape index (κ1) is 33.1. The van der Waals surface area contributed by atoms with Crippen LogP contribution in [0.2, 0.25) is 5.02 Å². The molecule has 3 aromatic carbocycles. The van der Waals surface area contributed by atoms with Gasteiger partial charge in [-0.3, -0.25) is 13.9 Å². The number of carbonyl (C=O) groups excluding carboxylic acids is 2. The molecule has 0 fully saturated rings. The summed E-state index contributed by atoms with van der Waals surface area (Å²) in [5, 5.41) is 3.38. The summed E-state index contributed by atoms with van der Waals surface area (Å²) in [5.41, 5.74) is 2.21. The molecule has 7 nitrogen and oxygen atoms in total. The van der Waals surface area contributed by atoms with Crippen molar-refractivity contribution in [1.82, 2.24) is 10.2 Å². The van der Waals surface area contributed by atoms with Crippen molar-refractivity contribution < 1.29 is 22.4 Å². The Morgan fingerprint density at radius 1 is 0.976 bits per heavy atom. The second-order valence-corrected chi connectivity index (χ2v) is 12.6. The van der Waals surface area contributed by atoms with Gasteiger partial charge in [0, 0.05) is 43.1 Å². The van der Waals surface area contributed by atoms with E-state index in [1.807, 2.05) is 37.3 Å². The second-order valence-electron chi connectivity index (χ2n) is 10.3. The summed E-state index contributed by atoms with van der Waals surface area (Å²) in [6.07, 6.45) is 3.17. The van der Waals surface area contributed by atoms with Gasteiger partial charge in [0.15, 0.2) is 0 Å². The fourth-order valence-electron chi connectivity index (χ4n) is 4.72. The molecule has 0 aromatic heterocycles. The minimum atomic E-state index is -3.68. The summed E-state index contributed by atoms with van der Waals surface area (Å²) in [4.78, 5) is 28.8. The number of rotatable bonds is 15. The van der Waals surface area contributed by atoms with Gasteiger partial charge in [0.2, 0.25) is 21.8 Å². The molecular weight excluding hydrogens is 577 g/mol. The maximum absolute atomic E-state index is 14.8. The topological polar surface area (TPSA) is 86.8 Å². The van der Waals surface area contributed by atoms with E-state index in [0.717, 1.165) is 24.7 Å². The van der Waals surface area contributed by atoms with Crippen LogP contribution in [0, 0.1) is 12.7 Å². The first-order valence-electron chi connectivity index (χ1n) is 14.1. The fraction of sp³-hybridized carbons (Fsp3) is 0.375. The quantitative estimate of drug-likeness (QED) is 0.216. The van der Waals surface area contributed by atoms with Crippen molar-refractivity contribution in [2.24, 2.45) is 0 Å². The lowest BCUT2D eigenvalue weighted by Gasteiger charge is -2.32. The zero-order chi connectivity index (χ0) is 30.7. The third-order valence-electron chi connectivity index (χ3n) is 7.06. The minimum absolute atomic E-state index is 0.0331. The normalized spacial score (nSPS) is 12.0. The SMILES string of the molecule is CCCCNC(=O)[C@@H](Cc1ccccc1)N(Cc1ccccc1F)C(=O)CCCN(c1cccc(Cl)c1C)S(C)(=O)=O. The molecule has 1 atom stereocenters. The van der Waals surface area contributed by atoms with Crippen LogP contribution in [-0.2, 0) is 32.6 Å². The largest absolute Gasteiger partial charge is 0.354 e. The molecule has 0 unspecified atom stereocenters. The number of benzene rings is 3. The van der Waals surface area contributed by atoms with E-state index in [0.29, 0.717) is 22.8 Å². The summed E-state index contributed by atoms with van der Waals surface area (Å²) in [6.45, 7) is 4.15. The lowest BCUT2D eigenvalue weighted by Crippen LogP contribution is -2.50. The molecular formula is C32H39ClFN3O4S. The van der Waals surface area contributed by atoms with Crippen molar-refractivity contribution >= 4 is 39.1 Å². The van der Waals surface area contributed by atoms with E-state index in [-0.39, 0.29) is 49.7 Å². The van der Waals surface area contributed by atoms with Gasteiger partial charge in [-0.1, -0.05) is 79.5 Å². The molecule has 0 heterocycles. The molecule has 0 saturated carbocycles. The van der Waals surface area contributed by atoms with Gasteiger partial charge >= 0.3 is 0 Å².